The number of nitrogens with zero attached hydrogens (tertiary/aromatic N) is 2. The van der Waals surface area contributed by atoms with Crippen LogP contribution in [-0.4, -0.2) is 23.5 Å². The highest BCUT2D eigenvalue weighted by Crippen LogP contribution is 2.17. The van der Waals surface area contributed by atoms with E-state index in [0.717, 1.165) is 31.4 Å². The summed E-state index contributed by atoms with van der Waals surface area (Å²) in [6, 6.07) is 7.24. The minimum Gasteiger partial charge on any atom is -0.370 e. The van der Waals surface area contributed by atoms with Crippen molar-refractivity contribution in [3.63, 3.8) is 0 Å². The molecule has 0 saturated heterocycles. The Kier molecular flexibility index (Phi) is 9.66. The average molecular weight is 446 g/mol. The lowest BCUT2D eigenvalue weighted by Crippen LogP contribution is -2.41. The maximum Gasteiger partial charge on any atom is 0.269 e. The lowest BCUT2D eigenvalue weighted by Gasteiger charge is -2.23. The molecule has 24 heavy (non-hydrogen) atoms. The molecule has 1 aromatic rings. The first-order chi connectivity index (χ1) is 11.1. The van der Waals surface area contributed by atoms with Crippen molar-refractivity contribution in [3.8, 4) is 0 Å². The number of benzene rings is 1. The molecule has 0 unspecified atom stereocenters. The highest BCUT2D eigenvalue weighted by Gasteiger charge is 2.13. The first-order valence-corrected chi connectivity index (χ1v) is 8.45. The summed E-state index contributed by atoms with van der Waals surface area (Å²) in [7, 11) is 0. The van der Waals surface area contributed by atoms with E-state index in [1.807, 2.05) is 12.1 Å². The van der Waals surface area contributed by atoms with Crippen LogP contribution >= 0.6 is 24.0 Å². The number of nitrogens with two attached hydrogens (primary N) is 1. The van der Waals surface area contributed by atoms with E-state index in [1.54, 1.807) is 12.1 Å². The normalized spacial score (nSPS) is 15.6. The summed E-state index contributed by atoms with van der Waals surface area (Å²) >= 11 is 0. The number of unbranched alkanes of at least 4 members (excludes halogenated alkanes) is 1. The van der Waals surface area contributed by atoms with Crippen molar-refractivity contribution in [2.24, 2.45) is 10.7 Å². The lowest BCUT2D eigenvalue weighted by molar-refractivity contribution is -0.384. The second-order valence-electron chi connectivity index (χ2n) is 6.13. The standard InChI is InChI=1S/C17H26N4O2.HI/c18-17(20-15-7-2-1-3-8-15)19-13-5-4-6-14-9-11-16(12-10-14)21(22)23;/h9-12,15H,1-8,13H2,(H3,18,19,20);1H. The van der Waals surface area contributed by atoms with Gasteiger partial charge in [0.15, 0.2) is 5.96 Å². The van der Waals surface area contributed by atoms with Gasteiger partial charge in [-0.2, -0.15) is 0 Å². The van der Waals surface area contributed by atoms with E-state index >= 15 is 0 Å². The fourth-order valence-electron chi connectivity index (χ4n) is 2.93. The van der Waals surface area contributed by atoms with Gasteiger partial charge in [-0.25, -0.2) is 0 Å². The van der Waals surface area contributed by atoms with Crippen LogP contribution in [0, 0.1) is 10.1 Å². The molecule has 3 N–H and O–H groups in total. The maximum absolute atomic E-state index is 10.6. The van der Waals surface area contributed by atoms with Crippen LogP contribution in [0.1, 0.15) is 50.5 Å². The van der Waals surface area contributed by atoms with E-state index in [0.29, 0.717) is 12.0 Å². The Bertz CT molecular complexity index is 528. The fourth-order valence-corrected chi connectivity index (χ4v) is 2.93. The molecule has 0 aliphatic heterocycles. The third kappa shape index (κ3) is 7.46. The highest BCUT2D eigenvalue weighted by molar-refractivity contribution is 14.0. The van der Waals surface area contributed by atoms with Gasteiger partial charge in [-0.05, 0) is 37.7 Å². The van der Waals surface area contributed by atoms with E-state index < -0.39 is 0 Å². The Morgan fingerprint density at radius 2 is 1.88 bits per heavy atom. The largest absolute Gasteiger partial charge is 0.370 e. The molecule has 0 amide bonds. The van der Waals surface area contributed by atoms with Gasteiger partial charge in [-0.3, -0.25) is 15.1 Å². The molecule has 0 aromatic heterocycles. The number of hydrogen-bond acceptors (Lipinski definition) is 3. The number of nitro benzene ring substituents is 1. The smallest absolute Gasteiger partial charge is 0.269 e. The van der Waals surface area contributed by atoms with E-state index in [4.69, 9.17) is 5.73 Å². The molecule has 0 bridgehead atoms. The van der Waals surface area contributed by atoms with E-state index in [2.05, 4.69) is 10.3 Å². The molecule has 7 heteroatoms. The van der Waals surface area contributed by atoms with Gasteiger partial charge in [0.25, 0.3) is 5.69 Å². The Balaban J connectivity index is 0.00000288. The number of nitrogens with one attached hydrogen (secondary N) is 1. The number of aryl methyl sites for hydroxylation is 1. The van der Waals surface area contributed by atoms with Crippen molar-refractivity contribution in [2.75, 3.05) is 6.54 Å². The Morgan fingerprint density at radius 1 is 1.21 bits per heavy atom. The predicted molar refractivity (Wildman–Crippen MR) is 108 cm³/mol. The molecular weight excluding hydrogens is 419 g/mol. The summed E-state index contributed by atoms with van der Waals surface area (Å²) in [4.78, 5) is 14.6. The lowest BCUT2D eigenvalue weighted by atomic mass is 9.96. The first-order valence-electron chi connectivity index (χ1n) is 8.45. The van der Waals surface area contributed by atoms with Crippen LogP contribution in [-0.2, 0) is 6.42 Å². The molecule has 1 aromatic carbocycles. The van der Waals surface area contributed by atoms with Crippen LogP contribution in [0.2, 0.25) is 0 Å². The molecule has 1 fully saturated rings. The molecule has 0 atom stereocenters. The number of rotatable bonds is 7. The second kappa shape index (κ2) is 11.2. The summed E-state index contributed by atoms with van der Waals surface area (Å²) in [6.45, 7) is 0.721. The van der Waals surface area contributed by atoms with Crippen molar-refractivity contribution >= 4 is 35.6 Å². The van der Waals surface area contributed by atoms with Gasteiger partial charge in [0.05, 0.1) is 4.92 Å². The molecular formula is C17H27IN4O2. The summed E-state index contributed by atoms with van der Waals surface area (Å²) in [6.07, 6.45) is 9.14. The molecule has 1 aliphatic rings. The van der Waals surface area contributed by atoms with Crippen LogP contribution in [0.5, 0.6) is 0 Å². The molecule has 1 saturated carbocycles. The molecule has 2 rings (SSSR count). The molecule has 0 spiro atoms. The van der Waals surface area contributed by atoms with E-state index in [9.17, 15) is 10.1 Å². The molecule has 134 valence electrons. The fraction of sp³-hybridized carbons (Fsp3) is 0.588. The summed E-state index contributed by atoms with van der Waals surface area (Å²) in [5.41, 5.74) is 7.18. The van der Waals surface area contributed by atoms with Gasteiger partial charge >= 0.3 is 0 Å². The van der Waals surface area contributed by atoms with Crippen molar-refractivity contribution in [3.05, 3.63) is 39.9 Å². The van der Waals surface area contributed by atoms with Crippen molar-refractivity contribution < 1.29 is 4.92 Å². The van der Waals surface area contributed by atoms with Crippen molar-refractivity contribution in [2.45, 2.75) is 57.4 Å². The van der Waals surface area contributed by atoms with Gasteiger partial charge in [-0.15, -0.1) is 24.0 Å². The number of guanidine groups is 1. The van der Waals surface area contributed by atoms with Crippen LogP contribution in [0.25, 0.3) is 0 Å². The van der Waals surface area contributed by atoms with Gasteiger partial charge in [-0.1, -0.05) is 31.4 Å². The van der Waals surface area contributed by atoms with Crippen LogP contribution in [0.15, 0.2) is 29.3 Å². The Labute approximate surface area is 160 Å². The monoisotopic (exact) mass is 446 g/mol. The zero-order valence-corrected chi connectivity index (χ0v) is 16.3. The minimum absolute atomic E-state index is 0. The van der Waals surface area contributed by atoms with E-state index in [-0.39, 0.29) is 34.6 Å². The summed E-state index contributed by atoms with van der Waals surface area (Å²) in [5, 5.41) is 13.9. The number of nitro groups is 1. The van der Waals surface area contributed by atoms with Gasteiger partial charge < -0.3 is 11.1 Å². The zero-order valence-electron chi connectivity index (χ0n) is 13.9. The average Bonchev–Trinajstić information content (AvgIpc) is 2.56. The SMILES string of the molecule is I.NC(=NCCCCc1ccc([N+](=O)[O-])cc1)NC1CCCCC1. The number of non-ortho nitro benzene ring substituents is 1. The summed E-state index contributed by atoms with van der Waals surface area (Å²) < 4.78 is 0. The van der Waals surface area contributed by atoms with Gasteiger partial charge in [0.2, 0.25) is 0 Å². The van der Waals surface area contributed by atoms with Crippen LogP contribution < -0.4 is 11.1 Å². The van der Waals surface area contributed by atoms with Gasteiger partial charge in [0, 0.05) is 24.7 Å². The van der Waals surface area contributed by atoms with Crippen molar-refractivity contribution in [1.29, 1.82) is 0 Å². The first kappa shape index (κ1) is 20.7. The van der Waals surface area contributed by atoms with Crippen molar-refractivity contribution in [1.82, 2.24) is 5.32 Å². The molecule has 0 radical (unpaired) electrons. The quantitative estimate of drug-likeness (QED) is 0.167. The highest BCUT2D eigenvalue weighted by atomic mass is 127. The van der Waals surface area contributed by atoms with Crippen LogP contribution in [0.3, 0.4) is 0 Å². The maximum atomic E-state index is 10.6. The molecule has 0 heterocycles. The summed E-state index contributed by atoms with van der Waals surface area (Å²) in [5.74, 6) is 0.562. The topological polar surface area (TPSA) is 93.5 Å². The number of hydrogen-bond donors (Lipinski definition) is 2. The Hall–Kier alpha value is -1.38. The van der Waals surface area contributed by atoms with Gasteiger partial charge in [0.1, 0.15) is 0 Å². The minimum atomic E-state index is -0.374. The van der Waals surface area contributed by atoms with E-state index in [1.165, 1.54) is 32.1 Å². The third-order valence-corrected chi connectivity index (χ3v) is 4.26. The Morgan fingerprint density at radius 3 is 2.50 bits per heavy atom. The predicted octanol–water partition coefficient (Wildman–Crippen LogP) is 3.77. The number of aliphatic imine (C=N–C) groups is 1. The third-order valence-electron chi connectivity index (χ3n) is 4.26. The zero-order chi connectivity index (χ0) is 16.5. The molecule has 6 nitrogen and oxygen atoms in total. The van der Waals surface area contributed by atoms with Crippen LogP contribution in [0.4, 0.5) is 5.69 Å². The molecule has 1 aliphatic carbocycles. The number of halogens is 1. The second-order valence-corrected chi connectivity index (χ2v) is 6.13.